The molecular formula is C21H30N4O. The van der Waals surface area contributed by atoms with Crippen molar-refractivity contribution in [2.75, 3.05) is 13.1 Å². The number of aromatic nitrogens is 2. The fourth-order valence-electron chi connectivity index (χ4n) is 3.74. The van der Waals surface area contributed by atoms with Gasteiger partial charge in [-0.15, -0.1) is 0 Å². The zero-order valence-corrected chi connectivity index (χ0v) is 16.6. The van der Waals surface area contributed by atoms with Crippen LogP contribution in [0.5, 0.6) is 0 Å². The van der Waals surface area contributed by atoms with Crippen LogP contribution in [-0.2, 0) is 31.2 Å². The van der Waals surface area contributed by atoms with E-state index in [2.05, 4.69) is 53.4 Å². The molecule has 0 spiro atoms. The van der Waals surface area contributed by atoms with Crippen LogP contribution in [0.1, 0.15) is 41.9 Å². The van der Waals surface area contributed by atoms with Crippen molar-refractivity contribution in [3.8, 4) is 0 Å². The van der Waals surface area contributed by atoms with Gasteiger partial charge in [0.1, 0.15) is 0 Å². The van der Waals surface area contributed by atoms with Gasteiger partial charge in [-0.25, -0.2) is 0 Å². The fraction of sp³-hybridized carbons (Fsp3) is 0.524. The van der Waals surface area contributed by atoms with Crippen molar-refractivity contribution >= 4 is 5.91 Å². The molecule has 1 N–H and O–H groups in total. The van der Waals surface area contributed by atoms with E-state index < -0.39 is 0 Å². The second kappa shape index (κ2) is 7.23. The van der Waals surface area contributed by atoms with E-state index in [1.165, 1.54) is 11.1 Å². The average molecular weight is 354 g/mol. The van der Waals surface area contributed by atoms with Crippen LogP contribution in [0.15, 0.2) is 24.3 Å². The second-order valence-electron chi connectivity index (χ2n) is 7.98. The molecule has 5 heteroatoms. The molecule has 0 fully saturated rings. The van der Waals surface area contributed by atoms with Crippen molar-refractivity contribution in [2.45, 2.75) is 52.6 Å². The summed E-state index contributed by atoms with van der Waals surface area (Å²) in [6.07, 6.45) is 1.46. The number of amides is 1. The molecular weight excluding hydrogens is 324 g/mol. The first-order valence-electron chi connectivity index (χ1n) is 9.35. The Labute approximate surface area is 156 Å². The van der Waals surface area contributed by atoms with E-state index >= 15 is 0 Å². The maximum absolute atomic E-state index is 12.5. The van der Waals surface area contributed by atoms with Gasteiger partial charge in [0, 0.05) is 43.5 Å². The molecule has 0 bridgehead atoms. The van der Waals surface area contributed by atoms with E-state index in [9.17, 15) is 4.79 Å². The number of carbonyl (C=O) groups excluding carboxylic acids is 1. The van der Waals surface area contributed by atoms with Gasteiger partial charge in [0.15, 0.2) is 0 Å². The van der Waals surface area contributed by atoms with Crippen molar-refractivity contribution in [1.82, 2.24) is 20.0 Å². The zero-order chi connectivity index (χ0) is 18.9. The van der Waals surface area contributed by atoms with Gasteiger partial charge < -0.3 is 5.32 Å². The Morgan fingerprint density at radius 3 is 2.58 bits per heavy atom. The second-order valence-corrected chi connectivity index (χ2v) is 7.98. The summed E-state index contributed by atoms with van der Waals surface area (Å²) in [4.78, 5) is 15.0. The van der Waals surface area contributed by atoms with Crippen molar-refractivity contribution in [1.29, 1.82) is 0 Å². The lowest BCUT2D eigenvalue weighted by atomic mass is 9.94. The SMILES string of the molecule is Cc1nn(C)c(C)c1CC(=O)NCC(C)(C)N1CCc2ccccc2C1. The summed E-state index contributed by atoms with van der Waals surface area (Å²) >= 11 is 0. The Morgan fingerprint density at radius 2 is 1.92 bits per heavy atom. The van der Waals surface area contributed by atoms with Crippen LogP contribution in [0.3, 0.4) is 0 Å². The standard InChI is InChI=1S/C21H30N4O/c1-15-19(16(2)24(5)23-15)12-20(26)22-14-21(3,4)25-11-10-17-8-6-7-9-18(17)13-25/h6-9H,10-14H2,1-5H3,(H,22,26). The molecule has 1 aromatic carbocycles. The van der Waals surface area contributed by atoms with E-state index in [1.807, 2.05) is 25.6 Å². The van der Waals surface area contributed by atoms with Crippen LogP contribution < -0.4 is 5.32 Å². The largest absolute Gasteiger partial charge is 0.354 e. The lowest BCUT2D eigenvalue weighted by Gasteiger charge is -2.41. The minimum Gasteiger partial charge on any atom is -0.354 e. The smallest absolute Gasteiger partial charge is 0.224 e. The highest BCUT2D eigenvalue weighted by molar-refractivity contribution is 5.79. The number of carbonyl (C=O) groups is 1. The molecule has 5 nitrogen and oxygen atoms in total. The van der Waals surface area contributed by atoms with Gasteiger partial charge in [-0.3, -0.25) is 14.4 Å². The van der Waals surface area contributed by atoms with E-state index in [1.54, 1.807) is 0 Å². The van der Waals surface area contributed by atoms with E-state index in [-0.39, 0.29) is 11.4 Å². The van der Waals surface area contributed by atoms with E-state index in [0.717, 1.165) is 36.5 Å². The topological polar surface area (TPSA) is 50.2 Å². The Morgan fingerprint density at radius 1 is 1.23 bits per heavy atom. The van der Waals surface area contributed by atoms with Gasteiger partial charge in [-0.05, 0) is 45.2 Å². The fourth-order valence-corrected chi connectivity index (χ4v) is 3.74. The Kier molecular flexibility index (Phi) is 5.19. The number of benzene rings is 1. The van der Waals surface area contributed by atoms with E-state index in [0.29, 0.717) is 13.0 Å². The third-order valence-corrected chi connectivity index (χ3v) is 5.70. The third-order valence-electron chi connectivity index (χ3n) is 5.70. The molecule has 0 unspecified atom stereocenters. The first-order chi connectivity index (χ1) is 12.3. The maximum Gasteiger partial charge on any atom is 0.224 e. The van der Waals surface area contributed by atoms with E-state index in [4.69, 9.17) is 0 Å². The van der Waals surface area contributed by atoms with Crippen molar-refractivity contribution in [3.05, 3.63) is 52.3 Å². The molecule has 0 atom stereocenters. The molecule has 1 aliphatic rings. The summed E-state index contributed by atoms with van der Waals surface area (Å²) in [6.45, 7) is 11.0. The van der Waals surface area contributed by atoms with Crippen molar-refractivity contribution in [2.24, 2.45) is 7.05 Å². The molecule has 1 amide bonds. The minimum atomic E-state index is -0.0811. The van der Waals surface area contributed by atoms with Gasteiger partial charge in [0.25, 0.3) is 0 Å². The van der Waals surface area contributed by atoms with Gasteiger partial charge >= 0.3 is 0 Å². The molecule has 0 saturated carbocycles. The number of aryl methyl sites for hydroxylation is 2. The molecule has 1 aliphatic heterocycles. The molecule has 140 valence electrons. The summed E-state index contributed by atoms with van der Waals surface area (Å²) in [7, 11) is 1.92. The third kappa shape index (κ3) is 3.83. The molecule has 2 heterocycles. The van der Waals surface area contributed by atoms with Crippen molar-refractivity contribution < 1.29 is 4.79 Å². The van der Waals surface area contributed by atoms with Crippen LogP contribution in [-0.4, -0.2) is 39.2 Å². The molecule has 0 saturated heterocycles. The van der Waals surface area contributed by atoms with Crippen LogP contribution in [0.4, 0.5) is 0 Å². The highest BCUT2D eigenvalue weighted by Crippen LogP contribution is 2.25. The summed E-state index contributed by atoms with van der Waals surface area (Å²) in [5.74, 6) is 0.0645. The zero-order valence-electron chi connectivity index (χ0n) is 16.6. The number of rotatable bonds is 5. The molecule has 0 aliphatic carbocycles. The molecule has 2 aromatic rings. The molecule has 1 aromatic heterocycles. The Hall–Kier alpha value is -2.14. The van der Waals surface area contributed by atoms with Gasteiger partial charge in [-0.2, -0.15) is 5.10 Å². The summed E-state index contributed by atoms with van der Waals surface area (Å²) in [6, 6.07) is 8.65. The Bertz CT molecular complexity index is 806. The highest BCUT2D eigenvalue weighted by atomic mass is 16.1. The summed E-state index contributed by atoms with van der Waals surface area (Å²) in [5, 5.41) is 7.53. The minimum absolute atomic E-state index is 0.0645. The number of nitrogens with one attached hydrogen (secondary N) is 1. The summed E-state index contributed by atoms with van der Waals surface area (Å²) < 4.78 is 1.84. The monoisotopic (exact) mass is 354 g/mol. The van der Waals surface area contributed by atoms with Gasteiger partial charge in [0.2, 0.25) is 5.91 Å². The number of hydrogen-bond donors (Lipinski definition) is 1. The summed E-state index contributed by atoms with van der Waals surface area (Å²) in [5.41, 5.74) is 5.81. The quantitative estimate of drug-likeness (QED) is 0.898. The number of nitrogens with zero attached hydrogens (tertiary/aromatic N) is 3. The molecule has 0 radical (unpaired) electrons. The highest BCUT2D eigenvalue weighted by Gasteiger charge is 2.30. The average Bonchev–Trinajstić information content (AvgIpc) is 2.86. The van der Waals surface area contributed by atoms with Crippen LogP contribution in [0, 0.1) is 13.8 Å². The van der Waals surface area contributed by atoms with Crippen LogP contribution >= 0.6 is 0 Å². The normalized spacial score (nSPS) is 15.0. The predicted molar refractivity (Wildman–Crippen MR) is 104 cm³/mol. The van der Waals surface area contributed by atoms with Crippen molar-refractivity contribution in [3.63, 3.8) is 0 Å². The lowest BCUT2D eigenvalue weighted by Crippen LogP contribution is -2.53. The molecule has 3 rings (SSSR count). The predicted octanol–water partition coefficient (Wildman–Crippen LogP) is 2.53. The number of fused-ring (bicyclic) bond motifs is 1. The van der Waals surface area contributed by atoms with Crippen LogP contribution in [0.2, 0.25) is 0 Å². The van der Waals surface area contributed by atoms with Crippen LogP contribution in [0.25, 0.3) is 0 Å². The van der Waals surface area contributed by atoms with Gasteiger partial charge in [0.05, 0.1) is 12.1 Å². The first kappa shape index (κ1) is 18.6. The Balaban J connectivity index is 1.59. The van der Waals surface area contributed by atoms with Gasteiger partial charge in [-0.1, -0.05) is 24.3 Å². The molecule has 26 heavy (non-hydrogen) atoms. The number of hydrogen-bond acceptors (Lipinski definition) is 3. The lowest BCUT2D eigenvalue weighted by molar-refractivity contribution is -0.121. The maximum atomic E-state index is 12.5. The first-order valence-corrected chi connectivity index (χ1v) is 9.35.